The Labute approximate surface area is 146 Å². The largest absolute Gasteiger partial charge is 0.416 e. The first-order valence-corrected chi connectivity index (χ1v) is 7.48. The summed E-state index contributed by atoms with van der Waals surface area (Å²) in [5.74, 6) is 0. The van der Waals surface area contributed by atoms with Crippen molar-refractivity contribution in [2.24, 2.45) is 4.99 Å². The summed E-state index contributed by atoms with van der Waals surface area (Å²) >= 11 is 0. The SMILES string of the molecule is O=[N+]([O-])c1cccc(N=Cc2cccn2-c2cccc(C(F)(F)F)c2)c1. The van der Waals surface area contributed by atoms with Crippen LogP contribution in [-0.2, 0) is 6.18 Å². The number of aromatic nitrogens is 1. The molecule has 0 N–H and O–H groups in total. The highest BCUT2D eigenvalue weighted by Crippen LogP contribution is 2.30. The molecule has 8 heteroatoms. The molecule has 0 fully saturated rings. The fraction of sp³-hybridized carbons (Fsp3) is 0.0556. The van der Waals surface area contributed by atoms with Gasteiger partial charge in [0.2, 0.25) is 0 Å². The molecule has 0 radical (unpaired) electrons. The summed E-state index contributed by atoms with van der Waals surface area (Å²) in [7, 11) is 0. The molecule has 26 heavy (non-hydrogen) atoms. The van der Waals surface area contributed by atoms with E-state index < -0.39 is 16.7 Å². The molecule has 0 spiro atoms. The molecule has 0 bridgehead atoms. The van der Waals surface area contributed by atoms with Crippen LogP contribution in [0.25, 0.3) is 5.69 Å². The van der Waals surface area contributed by atoms with E-state index >= 15 is 0 Å². The normalized spacial score (nSPS) is 11.8. The Morgan fingerprint density at radius 2 is 1.81 bits per heavy atom. The van der Waals surface area contributed by atoms with E-state index in [4.69, 9.17) is 0 Å². The third kappa shape index (κ3) is 3.80. The fourth-order valence-corrected chi connectivity index (χ4v) is 2.39. The van der Waals surface area contributed by atoms with Crippen molar-refractivity contribution < 1.29 is 18.1 Å². The molecule has 2 aromatic carbocycles. The lowest BCUT2D eigenvalue weighted by molar-refractivity contribution is -0.384. The van der Waals surface area contributed by atoms with Gasteiger partial charge in [0.15, 0.2) is 0 Å². The summed E-state index contributed by atoms with van der Waals surface area (Å²) in [4.78, 5) is 14.4. The molecule has 1 aromatic heterocycles. The number of nitro groups is 1. The third-order valence-electron chi connectivity index (χ3n) is 3.62. The molecule has 0 aliphatic heterocycles. The van der Waals surface area contributed by atoms with Crippen molar-refractivity contribution in [1.82, 2.24) is 4.57 Å². The molecule has 3 rings (SSSR count). The van der Waals surface area contributed by atoms with Gasteiger partial charge in [-0.25, -0.2) is 0 Å². The predicted octanol–water partition coefficient (Wildman–Crippen LogP) is 5.15. The molecular formula is C18H12F3N3O2. The first-order chi connectivity index (χ1) is 12.3. The molecule has 0 atom stereocenters. The quantitative estimate of drug-likeness (QED) is 0.367. The maximum atomic E-state index is 12.9. The van der Waals surface area contributed by atoms with Gasteiger partial charge >= 0.3 is 6.18 Å². The Bertz CT molecular complexity index is 978. The van der Waals surface area contributed by atoms with Crippen LogP contribution in [0.15, 0.2) is 71.9 Å². The van der Waals surface area contributed by atoms with Gasteiger partial charge in [0.25, 0.3) is 5.69 Å². The Hall–Kier alpha value is -3.42. The molecular weight excluding hydrogens is 347 g/mol. The summed E-state index contributed by atoms with van der Waals surface area (Å²) in [6.45, 7) is 0. The second-order valence-corrected chi connectivity index (χ2v) is 5.39. The van der Waals surface area contributed by atoms with Crippen LogP contribution >= 0.6 is 0 Å². The number of rotatable bonds is 4. The second kappa shape index (κ2) is 6.83. The van der Waals surface area contributed by atoms with Gasteiger partial charge in [-0.1, -0.05) is 12.1 Å². The number of nitrogens with zero attached hydrogens (tertiary/aromatic N) is 3. The standard InChI is InChI=1S/C18H12F3N3O2/c19-18(20,21)13-4-1-6-15(10-13)23-9-3-8-17(23)12-22-14-5-2-7-16(11-14)24(25)26/h1-12H. The van der Waals surface area contributed by atoms with E-state index in [-0.39, 0.29) is 5.69 Å². The van der Waals surface area contributed by atoms with E-state index in [0.29, 0.717) is 17.1 Å². The minimum absolute atomic E-state index is 0.0899. The first kappa shape index (κ1) is 17.4. The van der Waals surface area contributed by atoms with Crippen LogP contribution in [-0.4, -0.2) is 15.7 Å². The van der Waals surface area contributed by atoms with E-state index in [1.165, 1.54) is 30.5 Å². The van der Waals surface area contributed by atoms with Gasteiger partial charge in [-0.2, -0.15) is 13.2 Å². The second-order valence-electron chi connectivity index (χ2n) is 5.39. The van der Waals surface area contributed by atoms with Gasteiger partial charge in [-0.05, 0) is 36.4 Å². The van der Waals surface area contributed by atoms with Gasteiger partial charge < -0.3 is 4.57 Å². The summed E-state index contributed by atoms with van der Waals surface area (Å²) in [5, 5.41) is 10.8. The Morgan fingerprint density at radius 3 is 2.54 bits per heavy atom. The van der Waals surface area contributed by atoms with Crippen molar-refractivity contribution in [3.05, 3.63) is 88.2 Å². The van der Waals surface area contributed by atoms with Crippen molar-refractivity contribution in [3.8, 4) is 5.69 Å². The minimum Gasteiger partial charge on any atom is -0.316 e. The number of alkyl halides is 3. The molecule has 0 aliphatic carbocycles. The fourth-order valence-electron chi connectivity index (χ4n) is 2.39. The number of hydrogen-bond donors (Lipinski definition) is 0. The van der Waals surface area contributed by atoms with Crippen LogP contribution in [0.2, 0.25) is 0 Å². The molecule has 3 aromatic rings. The maximum Gasteiger partial charge on any atom is 0.416 e. The van der Waals surface area contributed by atoms with E-state index in [9.17, 15) is 23.3 Å². The van der Waals surface area contributed by atoms with E-state index in [2.05, 4.69) is 4.99 Å². The van der Waals surface area contributed by atoms with Crippen LogP contribution in [0.3, 0.4) is 0 Å². The van der Waals surface area contributed by atoms with Crippen LogP contribution in [0.5, 0.6) is 0 Å². The lowest BCUT2D eigenvalue weighted by Crippen LogP contribution is -2.06. The zero-order valence-corrected chi connectivity index (χ0v) is 13.2. The third-order valence-corrected chi connectivity index (χ3v) is 3.62. The highest BCUT2D eigenvalue weighted by atomic mass is 19.4. The number of aliphatic imine (C=N–C) groups is 1. The molecule has 132 valence electrons. The smallest absolute Gasteiger partial charge is 0.316 e. The topological polar surface area (TPSA) is 60.4 Å². The van der Waals surface area contributed by atoms with Crippen molar-refractivity contribution in [2.75, 3.05) is 0 Å². The average molecular weight is 359 g/mol. The van der Waals surface area contributed by atoms with Crippen molar-refractivity contribution >= 4 is 17.6 Å². The zero-order valence-electron chi connectivity index (χ0n) is 13.2. The number of nitro benzene ring substituents is 1. The number of non-ortho nitro benzene ring substituents is 1. The maximum absolute atomic E-state index is 12.9. The Balaban J connectivity index is 1.92. The Morgan fingerprint density at radius 1 is 1.04 bits per heavy atom. The monoisotopic (exact) mass is 359 g/mol. The van der Waals surface area contributed by atoms with Crippen LogP contribution in [0.4, 0.5) is 24.5 Å². The van der Waals surface area contributed by atoms with Gasteiger partial charge in [0.05, 0.1) is 28.1 Å². The molecule has 0 unspecified atom stereocenters. The summed E-state index contributed by atoms with van der Waals surface area (Å²) in [5.41, 5.74) is 0.412. The molecule has 0 saturated carbocycles. The van der Waals surface area contributed by atoms with Gasteiger partial charge in [-0.3, -0.25) is 15.1 Å². The van der Waals surface area contributed by atoms with Crippen molar-refractivity contribution in [1.29, 1.82) is 0 Å². The molecule has 0 saturated heterocycles. The van der Waals surface area contributed by atoms with Crippen LogP contribution < -0.4 is 0 Å². The number of hydrogen-bond acceptors (Lipinski definition) is 3. The van der Waals surface area contributed by atoms with E-state index in [1.807, 2.05) is 0 Å². The summed E-state index contributed by atoms with van der Waals surface area (Å²) in [6.07, 6.45) is -1.37. The molecule has 0 aliphatic rings. The highest BCUT2D eigenvalue weighted by molar-refractivity contribution is 5.81. The summed E-state index contributed by atoms with van der Waals surface area (Å²) in [6, 6.07) is 14.1. The van der Waals surface area contributed by atoms with Gasteiger partial charge in [0.1, 0.15) is 0 Å². The van der Waals surface area contributed by atoms with Gasteiger partial charge in [-0.15, -0.1) is 0 Å². The predicted molar refractivity (Wildman–Crippen MR) is 91.1 cm³/mol. The van der Waals surface area contributed by atoms with E-state index in [0.717, 1.165) is 12.1 Å². The Kier molecular flexibility index (Phi) is 4.57. The van der Waals surface area contributed by atoms with Crippen molar-refractivity contribution in [2.45, 2.75) is 6.18 Å². The minimum atomic E-state index is -4.43. The number of benzene rings is 2. The molecule has 1 heterocycles. The zero-order chi connectivity index (χ0) is 18.7. The average Bonchev–Trinajstić information content (AvgIpc) is 3.08. The van der Waals surface area contributed by atoms with E-state index in [1.54, 1.807) is 35.0 Å². The lowest BCUT2D eigenvalue weighted by Gasteiger charge is -2.11. The van der Waals surface area contributed by atoms with Crippen LogP contribution in [0.1, 0.15) is 11.3 Å². The first-order valence-electron chi connectivity index (χ1n) is 7.48. The summed E-state index contributed by atoms with van der Waals surface area (Å²) < 4.78 is 40.2. The molecule has 5 nitrogen and oxygen atoms in total. The van der Waals surface area contributed by atoms with Gasteiger partial charge in [0, 0.05) is 24.0 Å². The lowest BCUT2D eigenvalue weighted by atomic mass is 10.2. The van der Waals surface area contributed by atoms with Crippen molar-refractivity contribution in [3.63, 3.8) is 0 Å². The number of halogens is 3. The molecule has 0 amide bonds. The highest BCUT2D eigenvalue weighted by Gasteiger charge is 2.30. The van der Waals surface area contributed by atoms with Crippen LogP contribution in [0, 0.1) is 10.1 Å².